The van der Waals surface area contributed by atoms with E-state index in [1.807, 2.05) is 19.1 Å². The zero-order valence-corrected chi connectivity index (χ0v) is 13.2. The van der Waals surface area contributed by atoms with Crippen molar-refractivity contribution in [3.63, 3.8) is 0 Å². The first kappa shape index (κ1) is 15.8. The molecule has 2 aromatic carbocycles. The molecule has 0 saturated carbocycles. The second-order valence-corrected chi connectivity index (χ2v) is 5.73. The molecule has 112 valence electrons. The van der Waals surface area contributed by atoms with Gasteiger partial charge in [0.05, 0.1) is 5.02 Å². The summed E-state index contributed by atoms with van der Waals surface area (Å²) in [6.45, 7) is 6.92. The van der Waals surface area contributed by atoms with Crippen molar-refractivity contribution in [1.29, 1.82) is 0 Å². The van der Waals surface area contributed by atoms with Crippen LogP contribution in [-0.2, 0) is 6.54 Å². The summed E-state index contributed by atoms with van der Waals surface area (Å²) in [6.07, 6.45) is 0. The zero-order valence-electron chi connectivity index (χ0n) is 12.4. The van der Waals surface area contributed by atoms with Crippen molar-refractivity contribution < 1.29 is 9.13 Å². The predicted molar refractivity (Wildman–Crippen MR) is 84.6 cm³/mol. The highest BCUT2D eigenvalue weighted by molar-refractivity contribution is 6.32. The second-order valence-electron chi connectivity index (χ2n) is 5.32. The van der Waals surface area contributed by atoms with Crippen LogP contribution in [0.4, 0.5) is 4.39 Å². The fourth-order valence-corrected chi connectivity index (χ4v) is 2.14. The second kappa shape index (κ2) is 6.92. The Balaban J connectivity index is 2.26. The van der Waals surface area contributed by atoms with E-state index >= 15 is 0 Å². The molecule has 0 unspecified atom stereocenters. The first-order valence-corrected chi connectivity index (χ1v) is 7.29. The maximum absolute atomic E-state index is 13.1. The van der Waals surface area contributed by atoms with Crippen molar-refractivity contribution in [2.24, 2.45) is 0 Å². The number of rotatable bonds is 5. The summed E-state index contributed by atoms with van der Waals surface area (Å²) in [5, 5.41) is 3.63. The number of hydrogen-bond acceptors (Lipinski definition) is 2. The molecule has 2 nitrogen and oxygen atoms in total. The summed E-state index contributed by atoms with van der Waals surface area (Å²) < 4.78 is 18.9. The van der Waals surface area contributed by atoms with Gasteiger partial charge in [-0.1, -0.05) is 43.1 Å². The minimum absolute atomic E-state index is 0.262. The summed E-state index contributed by atoms with van der Waals surface area (Å²) in [7, 11) is 0. The Bertz CT molecular complexity index is 628. The fourth-order valence-electron chi connectivity index (χ4n) is 1.94. The molecule has 2 aromatic rings. The Morgan fingerprint density at radius 2 is 1.86 bits per heavy atom. The minimum atomic E-state index is -0.377. The molecule has 0 aliphatic rings. The van der Waals surface area contributed by atoms with E-state index in [0.717, 1.165) is 16.9 Å². The largest absolute Gasteiger partial charge is 0.455 e. The van der Waals surface area contributed by atoms with Crippen LogP contribution >= 0.6 is 11.6 Å². The van der Waals surface area contributed by atoms with Gasteiger partial charge in [0.25, 0.3) is 0 Å². The molecule has 0 spiro atoms. The highest BCUT2D eigenvalue weighted by atomic mass is 35.5. The molecule has 0 saturated heterocycles. The van der Waals surface area contributed by atoms with Gasteiger partial charge in [-0.2, -0.15) is 0 Å². The van der Waals surface area contributed by atoms with Crippen molar-refractivity contribution in [3.8, 4) is 11.5 Å². The van der Waals surface area contributed by atoms with Gasteiger partial charge in [0.1, 0.15) is 17.3 Å². The fraction of sp³-hybridized carbons (Fsp3) is 0.294. The number of halogens is 2. The number of hydrogen-bond donors (Lipinski definition) is 1. The molecule has 2 rings (SSSR count). The molecular formula is C17H19ClFNO. The van der Waals surface area contributed by atoms with Crippen LogP contribution in [0.25, 0.3) is 0 Å². The maximum Gasteiger partial charge on any atom is 0.146 e. The van der Waals surface area contributed by atoms with Gasteiger partial charge >= 0.3 is 0 Å². The molecule has 4 heteroatoms. The average Bonchev–Trinajstić information content (AvgIpc) is 2.41. The molecule has 0 fully saturated rings. The SMILES string of the molecule is Cc1ccc(Oc2ccc(F)cc2Cl)c(CNC(C)C)c1. The van der Waals surface area contributed by atoms with Gasteiger partial charge in [0.15, 0.2) is 0 Å². The van der Waals surface area contributed by atoms with Crippen LogP contribution in [-0.4, -0.2) is 6.04 Å². The lowest BCUT2D eigenvalue weighted by Gasteiger charge is -2.15. The molecule has 1 N–H and O–H groups in total. The Morgan fingerprint density at radius 3 is 2.52 bits per heavy atom. The Morgan fingerprint density at radius 1 is 1.14 bits per heavy atom. The van der Waals surface area contributed by atoms with Crippen LogP contribution < -0.4 is 10.1 Å². The van der Waals surface area contributed by atoms with E-state index in [-0.39, 0.29) is 10.8 Å². The Kier molecular flexibility index (Phi) is 5.21. The van der Waals surface area contributed by atoms with E-state index in [4.69, 9.17) is 16.3 Å². The van der Waals surface area contributed by atoms with Crippen LogP contribution in [0.5, 0.6) is 11.5 Å². The van der Waals surface area contributed by atoms with Gasteiger partial charge in [-0.05, 0) is 31.2 Å². The summed E-state index contributed by atoms with van der Waals surface area (Å²) in [4.78, 5) is 0. The number of aryl methyl sites for hydroxylation is 1. The molecule has 0 aromatic heterocycles. The van der Waals surface area contributed by atoms with Crippen molar-refractivity contribution in [1.82, 2.24) is 5.32 Å². The topological polar surface area (TPSA) is 21.3 Å². The van der Waals surface area contributed by atoms with Crippen LogP contribution in [0.3, 0.4) is 0 Å². The van der Waals surface area contributed by atoms with Crippen molar-refractivity contribution in [3.05, 3.63) is 58.4 Å². The summed E-state index contributed by atoms with van der Waals surface area (Å²) in [5.41, 5.74) is 2.21. The summed E-state index contributed by atoms with van der Waals surface area (Å²) >= 11 is 6.01. The molecule has 0 atom stereocenters. The van der Waals surface area contributed by atoms with E-state index in [0.29, 0.717) is 18.3 Å². The van der Waals surface area contributed by atoms with Crippen LogP contribution in [0.2, 0.25) is 5.02 Å². The van der Waals surface area contributed by atoms with Crippen LogP contribution in [0.1, 0.15) is 25.0 Å². The highest BCUT2D eigenvalue weighted by Crippen LogP contribution is 2.32. The first-order chi connectivity index (χ1) is 9.95. The summed E-state index contributed by atoms with van der Waals surface area (Å²) in [5.74, 6) is 0.799. The number of benzene rings is 2. The third-order valence-corrected chi connectivity index (χ3v) is 3.33. The van der Waals surface area contributed by atoms with Gasteiger partial charge in [0, 0.05) is 18.2 Å². The van der Waals surface area contributed by atoms with Crippen LogP contribution in [0.15, 0.2) is 36.4 Å². The highest BCUT2D eigenvalue weighted by Gasteiger charge is 2.09. The van der Waals surface area contributed by atoms with E-state index in [9.17, 15) is 4.39 Å². The van der Waals surface area contributed by atoms with Crippen molar-refractivity contribution in [2.45, 2.75) is 33.4 Å². The lowest BCUT2D eigenvalue weighted by molar-refractivity contribution is 0.468. The standard InChI is InChI=1S/C17H19ClFNO/c1-11(2)20-10-13-8-12(3)4-6-16(13)21-17-7-5-14(19)9-15(17)18/h4-9,11,20H,10H2,1-3H3. The molecule has 0 amide bonds. The maximum atomic E-state index is 13.1. The van der Waals surface area contributed by atoms with Gasteiger partial charge in [-0.3, -0.25) is 0 Å². The quantitative estimate of drug-likeness (QED) is 0.832. The Labute approximate surface area is 129 Å². The van der Waals surface area contributed by atoms with E-state index in [1.165, 1.54) is 18.2 Å². The van der Waals surface area contributed by atoms with E-state index in [1.54, 1.807) is 0 Å². The third-order valence-electron chi connectivity index (χ3n) is 3.03. The van der Waals surface area contributed by atoms with Gasteiger partial charge in [0.2, 0.25) is 0 Å². The predicted octanol–water partition coefficient (Wildman–Crippen LogP) is 5.08. The molecule has 21 heavy (non-hydrogen) atoms. The lowest BCUT2D eigenvalue weighted by atomic mass is 10.1. The molecular weight excluding hydrogens is 289 g/mol. The van der Waals surface area contributed by atoms with Gasteiger partial charge < -0.3 is 10.1 Å². The molecule has 0 radical (unpaired) electrons. The molecule has 0 aliphatic heterocycles. The van der Waals surface area contributed by atoms with Crippen molar-refractivity contribution in [2.75, 3.05) is 0 Å². The smallest absolute Gasteiger partial charge is 0.146 e. The molecule has 0 heterocycles. The van der Waals surface area contributed by atoms with Crippen LogP contribution in [0, 0.1) is 12.7 Å². The molecule has 0 aliphatic carbocycles. The lowest BCUT2D eigenvalue weighted by Crippen LogP contribution is -2.22. The monoisotopic (exact) mass is 307 g/mol. The Hall–Kier alpha value is -1.58. The normalized spacial score (nSPS) is 11.0. The van der Waals surface area contributed by atoms with Gasteiger partial charge in [-0.25, -0.2) is 4.39 Å². The third kappa shape index (κ3) is 4.45. The first-order valence-electron chi connectivity index (χ1n) is 6.91. The minimum Gasteiger partial charge on any atom is -0.455 e. The average molecular weight is 308 g/mol. The van der Waals surface area contributed by atoms with E-state index < -0.39 is 0 Å². The van der Waals surface area contributed by atoms with Gasteiger partial charge in [-0.15, -0.1) is 0 Å². The molecule has 0 bridgehead atoms. The summed E-state index contributed by atoms with van der Waals surface area (Å²) in [6, 6.07) is 10.5. The zero-order chi connectivity index (χ0) is 15.4. The number of ether oxygens (including phenoxy) is 1. The van der Waals surface area contributed by atoms with Crippen molar-refractivity contribution >= 4 is 11.6 Å². The number of nitrogens with one attached hydrogen (secondary N) is 1. The van der Waals surface area contributed by atoms with E-state index in [2.05, 4.69) is 25.2 Å².